The van der Waals surface area contributed by atoms with Gasteiger partial charge in [0.05, 0.1) is 0 Å². The van der Waals surface area contributed by atoms with E-state index < -0.39 is 0 Å². The Labute approximate surface area is 109 Å². The summed E-state index contributed by atoms with van der Waals surface area (Å²) < 4.78 is 0. The van der Waals surface area contributed by atoms with Gasteiger partial charge in [-0.25, -0.2) is 0 Å². The van der Waals surface area contributed by atoms with Crippen LogP contribution in [0.2, 0.25) is 0 Å². The van der Waals surface area contributed by atoms with Gasteiger partial charge < -0.3 is 0 Å². The van der Waals surface area contributed by atoms with Crippen LogP contribution in [0.15, 0.2) is 0 Å². The van der Waals surface area contributed by atoms with Crippen molar-refractivity contribution in [3.05, 3.63) is 0 Å². The Hall–Kier alpha value is 0.350. The molecule has 0 amide bonds. The highest BCUT2D eigenvalue weighted by atomic mass is 32.1. The minimum absolute atomic E-state index is 0.201. The summed E-state index contributed by atoms with van der Waals surface area (Å²) in [5.74, 6) is 0. The molecule has 0 heterocycles. The lowest BCUT2D eigenvalue weighted by molar-refractivity contribution is -0.0855. The molecule has 0 saturated carbocycles. The summed E-state index contributed by atoms with van der Waals surface area (Å²) in [5.41, 5.74) is 0.962. The molecule has 0 fully saturated rings. The first kappa shape index (κ1) is 16.4. The standard InChI is InChI=1S/C15H32S/c1-11(16)13(5,6)15(9,10)14(7,8)12(2,3)4/h11,16H,1-10H3. The van der Waals surface area contributed by atoms with E-state index >= 15 is 0 Å². The number of hydrogen-bond donors (Lipinski definition) is 1. The van der Waals surface area contributed by atoms with Crippen molar-refractivity contribution in [3.8, 4) is 0 Å². The summed E-state index contributed by atoms with van der Waals surface area (Å²) in [6.07, 6.45) is 0. The first-order valence-electron chi connectivity index (χ1n) is 6.37. The topological polar surface area (TPSA) is 0 Å². The van der Waals surface area contributed by atoms with Crippen molar-refractivity contribution in [1.29, 1.82) is 0 Å². The molecule has 0 spiro atoms. The fraction of sp³-hybridized carbons (Fsp3) is 1.00. The molecule has 0 aromatic carbocycles. The Balaban J connectivity index is 5.53. The third-order valence-corrected chi connectivity index (χ3v) is 6.74. The van der Waals surface area contributed by atoms with Gasteiger partial charge in [0.2, 0.25) is 0 Å². The van der Waals surface area contributed by atoms with Crippen molar-refractivity contribution in [1.82, 2.24) is 0 Å². The van der Waals surface area contributed by atoms with E-state index in [1.165, 1.54) is 0 Å². The van der Waals surface area contributed by atoms with Gasteiger partial charge in [-0.2, -0.15) is 12.6 Å². The maximum absolute atomic E-state index is 4.70. The van der Waals surface area contributed by atoms with Gasteiger partial charge in [-0.15, -0.1) is 0 Å². The number of thiol groups is 1. The third-order valence-electron chi connectivity index (χ3n) is 6.09. The summed E-state index contributed by atoms with van der Waals surface area (Å²) in [7, 11) is 0. The molecule has 0 aliphatic rings. The molecule has 1 unspecified atom stereocenters. The smallest absolute Gasteiger partial charge is 0.00449 e. The maximum Gasteiger partial charge on any atom is 0.00449 e. The predicted molar refractivity (Wildman–Crippen MR) is 79.2 cm³/mol. The molecule has 0 bridgehead atoms. The highest BCUT2D eigenvalue weighted by Crippen LogP contribution is 2.60. The van der Waals surface area contributed by atoms with E-state index in [0.717, 1.165) is 0 Å². The van der Waals surface area contributed by atoms with Gasteiger partial charge in [0, 0.05) is 5.25 Å². The van der Waals surface area contributed by atoms with Gasteiger partial charge in [-0.3, -0.25) is 0 Å². The second-order valence-corrected chi connectivity index (χ2v) is 8.67. The molecule has 0 saturated heterocycles. The van der Waals surface area contributed by atoms with Gasteiger partial charge in [0.25, 0.3) is 0 Å². The quantitative estimate of drug-likeness (QED) is 0.629. The van der Waals surface area contributed by atoms with Crippen molar-refractivity contribution >= 4 is 12.6 Å². The first-order valence-corrected chi connectivity index (χ1v) is 6.89. The first-order chi connectivity index (χ1) is 6.69. The minimum Gasteiger partial charge on any atom is -0.176 e. The van der Waals surface area contributed by atoms with Crippen molar-refractivity contribution in [2.45, 2.75) is 74.5 Å². The van der Waals surface area contributed by atoms with Crippen molar-refractivity contribution in [2.24, 2.45) is 21.7 Å². The van der Waals surface area contributed by atoms with Crippen LogP contribution in [0.5, 0.6) is 0 Å². The lowest BCUT2D eigenvalue weighted by Crippen LogP contribution is -2.53. The van der Waals surface area contributed by atoms with Gasteiger partial charge in [-0.05, 0) is 21.7 Å². The Morgan fingerprint density at radius 3 is 1.19 bits per heavy atom. The van der Waals surface area contributed by atoms with Crippen LogP contribution in [0.3, 0.4) is 0 Å². The molecule has 0 radical (unpaired) electrons. The second-order valence-electron chi connectivity index (χ2n) is 7.90. The lowest BCUT2D eigenvalue weighted by Gasteiger charge is -2.59. The summed E-state index contributed by atoms with van der Waals surface area (Å²) in [6.45, 7) is 23.5. The zero-order chi connectivity index (χ0) is 13.6. The maximum atomic E-state index is 4.70. The van der Waals surface area contributed by atoms with Crippen LogP contribution in [0.25, 0.3) is 0 Å². The van der Waals surface area contributed by atoms with Gasteiger partial charge in [0.15, 0.2) is 0 Å². The van der Waals surface area contributed by atoms with Crippen LogP contribution in [-0.2, 0) is 0 Å². The molecule has 1 atom stereocenters. The summed E-state index contributed by atoms with van der Waals surface area (Å²) in [5, 5.41) is 0.393. The molecule has 0 rings (SSSR count). The molecule has 16 heavy (non-hydrogen) atoms. The van der Waals surface area contributed by atoms with Crippen LogP contribution in [0.1, 0.15) is 69.2 Å². The van der Waals surface area contributed by atoms with Crippen molar-refractivity contribution < 1.29 is 0 Å². The Kier molecular flexibility index (Phi) is 4.32. The fourth-order valence-corrected chi connectivity index (χ4v) is 2.59. The van der Waals surface area contributed by atoms with Crippen LogP contribution in [0.4, 0.5) is 0 Å². The average Bonchev–Trinajstić information content (AvgIpc) is 2.00. The monoisotopic (exact) mass is 244 g/mol. The molecule has 98 valence electrons. The van der Waals surface area contributed by atoms with Crippen molar-refractivity contribution in [2.75, 3.05) is 0 Å². The minimum atomic E-state index is 0.201. The molecule has 0 aliphatic heterocycles. The van der Waals surface area contributed by atoms with E-state index in [4.69, 9.17) is 12.6 Å². The lowest BCUT2D eigenvalue weighted by atomic mass is 9.47. The van der Waals surface area contributed by atoms with Gasteiger partial charge >= 0.3 is 0 Å². The van der Waals surface area contributed by atoms with Gasteiger partial charge in [-0.1, -0.05) is 69.2 Å². The molecule has 0 aromatic heterocycles. The highest BCUT2D eigenvalue weighted by molar-refractivity contribution is 7.81. The van der Waals surface area contributed by atoms with Crippen molar-refractivity contribution in [3.63, 3.8) is 0 Å². The SMILES string of the molecule is CC(S)C(C)(C)C(C)(C)C(C)(C)C(C)(C)C. The Bertz CT molecular complexity index is 239. The molecule has 0 nitrogen and oxygen atoms in total. The summed E-state index contributed by atoms with van der Waals surface area (Å²) in [4.78, 5) is 0. The molecular formula is C15H32S. The fourth-order valence-electron chi connectivity index (χ4n) is 2.27. The van der Waals surface area contributed by atoms with Crippen LogP contribution < -0.4 is 0 Å². The van der Waals surface area contributed by atoms with E-state index in [-0.39, 0.29) is 21.7 Å². The highest BCUT2D eigenvalue weighted by Gasteiger charge is 2.53. The zero-order valence-corrected chi connectivity index (χ0v) is 13.9. The van der Waals surface area contributed by atoms with E-state index in [0.29, 0.717) is 5.25 Å². The van der Waals surface area contributed by atoms with E-state index in [9.17, 15) is 0 Å². The zero-order valence-electron chi connectivity index (χ0n) is 13.0. The molecule has 0 aliphatic carbocycles. The summed E-state index contributed by atoms with van der Waals surface area (Å²) >= 11 is 4.70. The van der Waals surface area contributed by atoms with Crippen LogP contribution in [-0.4, -0.2) is 5.25 Å². The Morgan fingerprint density at radius 1 is 0.688 bits per heavy atom. The third kappa shape index (κ3) is 2.30. The van der Waals surface area contributed by atoms with Gasteiger partial charge in [0.1, 0.15) is 0 Å². The Morgan fingerprint density at radius 2 is 1.00 bits per heavy atom. The molecular weight excluding hydrogens is 212 g/mol. The second kappa shape index (κ2) is 4.23. The van der Waals surface area contributed by atoms with E-state index in [1.807, 2.05) is 0 Å². The molecule has 0 N–H and O–H groups in total. The average molecular weight is 244 g/mol. The van der Waals surface area contributed by atoms with E-state index in [2.05, 4.69) is 69.2 Å². The number of rotatable bonds is 3. The predicted octanol–water partition coefficient (Wildman–Crippen LogP) is 5.43. The van der Waals surface area contributed by atoms with Crippen LogP contribution >= 0.6 is 12.6 Å². The largest absolute Gasteiger partial charge is 0.176 e. The molecule has 1 heteroatoms. The molecule has 0 aromatic rings. The summed E-state index contributed by atoms with van der Waals surface area (Å²) in [6, 6.07) is 0. The normalized spacial score (nSPS) is 17.4. The van der Waals surface area contributed by atoms with E-state index in [1.54, 1.807) is 0 Å². The van der Waals surface area contributed by atoms with Crippen LogP contribution in [0, 0.1) is 21.7 Å². The number of hydrogen-bond acceptors (Lipinski definition) is 1.